The average Bonchev–Trinajstić information content (AvgIpc) is 3.21. The topological polar surface area (TPSA) is 84.9 Å². The van der Waals surface area contributed by atoms with E-state index >= 15 is 0 Å². The second kappa shape index (κ2) is 20.3. The Morgan fingerprint density at radius 3 is 1.97 bits per heavy atom. The summed E-state index contributed by atoms with van der Waals surface area (Å²) in [6.07, 6.45) is -8.01. The summed E-state index contributed by atoms with van der Waals surface area (Å²) in [5.74, 6) is 0.00380. The zero-order valence-electron chi connectivity index (χ0n) is 33.7. The van der Waals surface area contributed by atoms with Crippen LogP contribution in [0.1, 0.15) is 85.4 Å². The van der Waals surface area contributed by atoms with E-state index in [1.807, 2.05) is 42.2 Å². The lowest BCUT2D eigenvalue weighted by molar-refractivity contribution is -0.146. The van der Waals surface area contributed by atoms with Crippen LogP contribution >= 0.6 is 0 Å². The molecule has 332 valence electrons. The molecule has 0 spiro atoms. The van der Waals surface area contributed by atoms with E-state index in [1.54, 1.807) is 0 Å². The normalized spacial score (nSPS) is 17.0. The van der Waals surface area contributed by atoms with Crippen molar-refractivity contribution < 1.29 is 58.0 Å². The highest BCUT2D eigenvalue weighted by Crippen LogP contribution is 2.41. The van der Waals surface area contributed by atoms with Gasteiger partial charge in [-0.2, -0.15) is 39.5 Å². The summed E-state index contributed by atoms with van der Waals surface area (Å²) in [7, 11) is -1.18. The Labute approximate surface area is 350 Å². The molecule has 1 aliphatic rings. The summed E-state index contributed by atoms with van der Waals surface area (Å²) in [6, 6.07) is 12.3. The molecule has 0 aliphatic heterocycles. The average molecular weight is 887 g/mol. The second-order valence-corrected chi connectivity index (χ2v) is 16.7. The Morgan fingerprint density at radius 1 is 0.820 bits per heavy atom. The van der Waals surface area contributed by atoms with Crippen LogP contribution < -0.4 is 14.5 Å². The van der Waals surface area contributed by atoms with Gasteiger partial charge in [0, 0.05) is 48.8 Å². The largest absolute Gasteiger partial charge is 0.489 e. The lowest BCUT2D eigenvalue weighted by atomic mass is 9.80. The van der Waals surface area contributed by atoms with Gasteiger partial charge in [0.2, 0.25) is 5.95 Å². The first kappa shape index (κ1) is 47.2. The molecule has 4 aromatic rings. The Hall–Kier alpha value is -4.87. The van der Waals surface area contributed by atoms with Crippen molar-refractivity contribution in [2.75, 3.05) is 41.5 Å². The van der Waals surface area contributed by atoms with Gasteiger partial charge < -0.3 is 19.3 Å². The second-order valence-electron chi connectivity index (χ2n) is 15.1. The van der Waals surface area contributed by atoms with E-state index in [0.29, 0.717) is 30.9 Å². The van der Waals surface area contributed by atoms with Crippen molar-refractivity contribution in [2.24, 2.45) is 11.8 Å². The highest BCUT2D eigenvalue weighted by Gasteiger charge is 2.38. The minimum Gasteiger partial charge on any atom is -0.489 e. The molecule has 8 nitrogen and oxygen atoms in total. The van der Waals surface area contributed by atoms with E-state index in [0.717, 1.165) is 43.4 Å². The third kappa shape index (κ3) is 13.6. The van der Waals surface area contributed by atoms with Crippen LogP contribution in [0.15, 0.2) is 79.1 Å². The SMILES string of the molecule is CCN(CC1CCC(CC(=O)OCc2ccccc2)CC1)c1ccc(C(F)(F)F)cc1CN(c1ncc(OCCS(C)=O)cn1)[C@@H](C)c1cc(C(F)(F)F)cc(C(F)(F)F)c1. The monoisotopic (exact) mass is 886 g/mol. The molecule has 1 aliphatic carbocycles. The summed E-state index contributed by atoms with van der Waals surface area (Å²) in [5.41, 5.74) is -3.22. The number of nitrogens with zero attached hydrogens (tertiary/aromatic N) is 4. The number of ether oxygens (including phenoxy) is 2. The van der Waals surface area contributed by atoms with Gasteiger partial charge >= 0.3 is 24.5 Å². The molecular weight excluding hydrogens is 840 g/mol. The van der Waals surface area contributed by atoms with E-state index in [9.17, 15) is 48.5 Å². The van der Waals surface area contributed by atoms with Crippen molar-refractivity contribution in [3.05, 3.63) is 113 Å². The van der Waals surface area contributed by atoms with Gasteiger partial charge in [-0.1, -0.05) is 30.3 Å². The van der Waals surface area contributed by atoms with E-state index in [4.69, 9.17) is 9.47 Å². The number of esters is 1. The Balaban J connectivity index is 1.44. The number of rotatable bonds is 17. The molecule has 1 fully saturated rings. The van der Waals surface area contributed by atoms with E-state index in [1.165, 1.54) is 36.5 Å². The highest BCUT2D eigenvalue weighted by molar-refractivity contribution is 7.84. The number of anilines is 2. The van der Waals surface area contributed by atoms with Gasteiger partial charge in [-0.3, -0.25) is 9.00 Å². The van der Waals surface area contributed by atoms with Gasteiger partial charge in [0.05, 0.1) is 47.5 Å². The molecule has 1 saturated carbocycles. The Bertz CT molecular complexity index is 2040. The molecule has 61 heavy (non-hydrogen) atoms. The van der Waals surface area contributed by atoms with Crippen LogP contribution in [-0.4, -0.2) is 51.9 Å². The fourth-order valence-corrected chi connectivity index (χ4v) is 7.65. The molecule has 3 aromatic carbocycles. The standard InChI is InChI=1S/C43H47F9N4O4S/c1-4-55(25-30-12-10-29(11-13-30)18-39(57)60-27-31-8-6-5-7-9-31)38-15-14-34(41(44,45)46)21-33(38)26-56(40-53-23-37(24-54-40)59-16-17-61(3)58)28(2)32-19-35(42(47,48)49)22-36(20-32)43(50,51)52/h5-9,14-15,19-24,28-30H,4,10-13,16-18,25-27H2,1-3H3/t28-,29?,30?,61?/m0/s1. The third-order valence-corrected chi connectivity index (χ3v) is 11.4. The van der Waals surface area contributed by atoms with Gasteiger partial charge in [0.15, 0.2) is 5.75 Å². The van der Waals surface area contributed by atoms with Gasteiger partial charge in [0.25, 0.3) is 0 Å². The molecule has 0 saturated heterocycles. The van der Waals surface area contributed by atoms with Gasteiger partial charge in [0.1, 0.15) is 6.61 Å². The summed E-state index contributed by atoms with van der Waals surface area (Å²) in [4.78, 5) is 24.3. The first-order valence-electron chi connectivity index (χ1n) is 19.7. The van der Waals surface area contributed by atoms with Crippen molar-refractivity contribution >= 4 is 28.4 Å². The molecular formula is C43H47F9N4O4S. The maximum Gasteiger partial charge on any atom is 0.416 e. The Kier molecular flexibility index (Phi) is 15.7. The first-order valence-corrected chi connectivity index (χ1v) is 21.4. The molecule has 0 amide bonds. The lowest BCUT2D eigenvalue weighted by Gasteiger charge is -2.36. The predicted molar refractivity (Wildman–Crippen MR) is 213 cm³/mol. The van der Waals surface area contributed by atoms with E-state index in [2.05, 4.69) is 9.97 Å². The molecule has 0 N–H and O–H groups in total. The van der Waals surface area contributed by atoms with Crippen LogP contribution in [0, 0.1) is 11.8 Å². The maximum atomic E-state index is 14.3. The molecule has 0 radical (unpaired) electrons. The number of alkyl halides is 9. The fourth-order valence-electron chi connectivity index (χ4n) is 7.33. The quantitative estimate of drug-likeness (QED) is 0.0766. The molecule has 1 heterocycles. The van der Waals surface area contributed by atoms with Crippen LogP contribution in [-0.2, 0) is 52.0 Å². The van der Waals surface area contributed by atoms with Crippen LogP contribution in [0.2, 0.25) is 0 Å². The highest BCUT2D eigenvalue weighted by atomic mass is 32.2. The van der Waals surface area contributed by atoms with Gasteiger partial charge in [-0.25, -0.2) is 9.97 Å². The summed E-state index contributed by atoms with van der Waals surface area (Å²) in [5, 5.41) is 0. The molecule has 5 rings (SSSR count). The number of carbonyl (C=O) groups is 1. The minimum atomic E-state index is -5.15. The molecule has 1 unspecified atom stereocenters. The Morgan fingerprint density at radius 2 is 1.41 bits per heavy atom. The van der Waals surface area contributed by atoms with Crippen LogP contribution in [0.3, 0.4) is 0 Å². The zero-order valence-corrected chi connectivity index (χ0v) is 34.6. The van der Waals surface area contributed by atoms with Gasteiger partial charge in [-0.15, -0.1) is 0 Å². The number of halogens is 9. The van der Waals surface area contributed by atoms with Crippen molar-refractivity contribution in [3.8, 4) is 5.75 Å². The fraction of sp³-hybridized carbons (Fsp3) is 0.465. The number of aromatic nitrogens is 2. The van der Waals surface area contributed by atoms with E-state index in [-0.39, 0.29) is 66.5 Å². The maximum absolute atomic E-state index is 14.3. The van der Waals surface area contributed by atoms with Crippen molar-refractivity contribution in [2.45, 2.75) is 83.7 Å². The summed E-state index contributed by atoms with van der Waals surface area (Å²) in [6.45, 7) is 3.68. The molecule has 1 aromatic heterocycles. The van der Waals surface area contributed by atoms with Crippen LogP contribution in [0.4, 0.5) is 51.1 Å². The van der Waals surface area contributed by atoms with E-state index < -0.39 is 64.2 Å². The van der Waals surface area contributed by atoms with Crippen LogP contribution in [0.25, 0.3) is 0 Å². The first-order chi connectivity index (χ1) is 28.7. The number of carbonyl (C=O) groups excluding carboxylic acids is 1. The molecule has 2 atom stereocenters. The predicted octanol–water partition coefficient (Wildman–Crippen LogP) is 10.8. The summed E-state index contributed by atoms with van der Waals surface area (Å²) < 4.78 is 149. The van der Waals surface area contributed by atoms with Crippen molar-refractivity contribution in [1.82, 2.24) is 9.97 Å². The number of benzene rings is 3. The number of hydrogen-bond donors (Lipinski definition) is 0. The smallest absolute Gasteiger partial charge is 0.416 e. The van der Waals surface area contributed by atoms with Crippen LogP contribution in [0.5, 0.6) is 5.75 Å². The third-order valence-electron chi connectivity index (χ3n) is 10.7. The van der Waals surface area contributed by atoms with Crippen molar-refractivity contribution in [1.29, 1.82) is 0 Å². The number of hydrogen-bond acceptors (Lipinski definition) is 8. The van der Waals surface area contributed by atoms with Crippen molar-refractivity contribution in [3.63, 3.8) is 0 Å². The molecule has 0 bridgehead atoms. The zero-order chi connectivity index (χ0) is 44.5. The lowest BCUT2D eigenvalue weighted by Crippen LogP contribution is -2.34. The van der Waals surface area contributed by atoms with Gasteiger partial charge in [-0.05, 0) is 104 Å². The minimum absolute atomic E-state index is 0.00170. The molecule has 18 heteroatoms. The summed E-state index contributed by atoms with van der Waals surface area (Å²) >= 11 is 0.